The van der Waals surface area contributed by atoms with Gasteiger partial charge in [0.15, 0.2) is 0 Å². The first-order valence-corrected chi connectivity index (χ1v) is 6.41. The first-order valence-electron chi connectivity index (χ1n) is 6.41. The Morgan fingerprint density at radius 3 is 2.48 bits per heavy atom. The summed E-state index contributed by atoms with van der Waals surface area (Å²) in [5.41, 5.74) is 1.09. The molecule has 1 rings (SSSR count). The smallest absolute Gasteiger partial charge is 0.412 e. The number of rotatable bonds is 3. The fourth-order valence-corrected chi connectivity index (χ4v) is 1.61. The number of nitrogens with one attached hydrogen (secondary N) is 1. The largest absolute Gasteiger partial charge is 0.469 e. The Labute approximate surface area is 124 Å². The lowest BCUT2D eigenvalue weighted by Crippen LogP contribution is -2.27. The number of anilines is 1. The number of methoxy groups -OCH3 is 1. The van der Waals surface area contributed by atoms with E-state index in [-0.39, 0.29) is 12.4 Å². The Hall–Kier alpha value is -2.48. The maximum absolute atomic E-state index is 11.7. The van der Waals surface area contributed by atoms with Gasteiger partial charge < -0.3 is 9.47 Å². The SMILES string of the molecule is C#Cc1cc(CC(=O)OC)cc(NC(=O)OC(C)(C)C)c1. The van der Waals surface area contributed by atoms with Crippen molar-refractivity contribution in [2.75, 3.05) is 12.4 Å². The van der Waals surface area contributed by atoms with Crippen LogP contribution in [0.2, 0.25) is 0 Å². The average molecular weight is 289 g/mol. The molecule has 5 heteroatoms. The zero-order valence-corrected chi connectivity index (χ0v) is 12.6. The summed E-state index contributed by atoms with van der Waals surface area (Å²) in [5.74, 6) is 2.09. The van der Waals surface area contributed by atoms with Crippen molar-refractivity contribution >= 4 is 17.7 Å². The Bertz CT molecular complexity index is 579. The van der Waals surface area contributed by atoms with Gasteiger partial charge >= 0.3 is 12.1 Å². The van der Waals surface area contributed by atoms with Gasteiger partial charge in [-0.3, -0.25) is 10.1 Å². The summed E-state index contributed by atoms with van der Waals surface area (Å²) in [6, 6.07) is 4.98. The number of hydrogen-bond acceptors (Lipinski definition) is 4. The molecule has 1 amide bonds. The van der Waals surface area contributed by atoms with Crippen molar-refractivity contribution in [1.82, 2.24) is 0 Å². The standard InChI is InChI=1S/C16H19NO4/c1-6-11-7-12(10-14(18)20-5)9-13(8-11)17-15(19)21-16(2,3)4/h1,7-9H,10H2,2-5H3,(H,17,19). The lowest BCUT2D eigenvalue weighted by molar-refractivity contribution is -0.139. The number of esters is 1. The van der Waals surface area contributed by atoms with E-state index in [0.29, 0.717) is 16.8 Å². The van der Waals surface area contributed by atoms with Crippen LogP contribution in [0.5, 0.6) is 0 Å². The summed E-state index contributed by atoms with van der Waals surface area (Å²) in [7, 11) is 1.31. The fourth-order valence-electron chi connectivity index (χ4n) is 1.61. The molecule has 0 bridgehead atoms. The third-order valence-electron chi connectivity index (χ3n) is 2.38. The minimum Gasteiger partial charge on any atom is -0.469 e. The van der Waals surface area contributed by atoms with Crippen molar-refractivity contribution in [1.29, 1.82) is 0 Å². The molecule has 0 saturated heterocycles. The summed E-state index contributed by atoms with van der Waals surface area (Å²) < 4.78 is 9.78. The van der Waals surface area contributed by atoms with E-state index in [2.05, 4.69) is 16.0 Å². The Morgan fingerprint density at radius 2 is 1.95 bits per heavy atom. The molecule has 0 radical (unpaired) electrons. The van der Waals surface area contributed by atoms with Gasteiger partial charge in [0.1, 0.15) is 5.60 Å². The molecule has 0 saturated carbocycles. The second kappa shape index (κ2) is 6.80. The summed E-state index contributed by atoms with van der Waals surface area (Å²) in [4.78, 5) is 23.1. The molecular weight excluding hydrogens is 270 g/mol. The number of terminal acetylenes is 1. The number of amides is 1. The highest BCUT2D eigenvalue weighted by Gasteiger charge is 2.16. The highest BCUT2D eigenvalue weighted by atomic mass is 16.6. The van der Waals surface area contributed by atoms with E-state index >= 15 is 0 Å². The Morgan fingerprint density at radius 1 is 1.29 bits per heavy atom. The maximum Gasteiger partial charge on any atom is 0.412 e. The van der Waals surface area contributed by atoms with E-state index in [4.69, 9.17) is 11.2 Å². The number of carbonyl (C=O) groups excluding carboxylic acids is 2. The summed E-state index contributed by atoms with van der Waals surface area (Å²) in [5, 5.41) is 2.60. The monoisotopic (exact) mass is 289 g/mol. The predicted molar refractivity (Wildman–Crippen MR) is 80.0 cm³/mol. The molecule has 0 aromatic heterocycles. The quantitative estimate of drug-likeness (QED) is 0.686. The minimum absolute atomic E-state index is 0.0784. The number of ether oxygens (including phenoxy) is 2. The van der Waals surface area contributed by atoms with Crippen LogP contribution in [0.25, 0.3) is 0 Å². The van der Waals surface area contributed by atoms with Gasteiger partial charge in [-0.2, -0.15) is 0 Å². The maximum atomic E-state index is 11.7. The number of hydrogen-bond donors (Lipinski definition) is 1. The van der Waals surface area contributed by atoms with Crippen molar-refractivity contribution in [2.45, 2.75) is 32.8 Å². The molecule has 0 aliphatic carbocycles. The van der Waals surface area contributed by atoms with Gasteiger partial charge in [-0.15, -0.1) is 6.42 Å². The average Bonchev–Trinajstić information content (AvgIpc) is 2.35. The van der Waals surface area contributed by atoms with Crippen LogP contribution >= 0.6 is 0 Å². The molecular formula is C16H19NO4. The van der Waals surface area contributed by atoms with E-state index in [1.54, 1.807) is 39.0 Å². The van der Waals surface area contributed by atoms with E-state index in [1.165, 1.54) is 7.11 Å². The van der Waals surface area contributed by atoms with Gasteiger partial charge in [-0.05, 0) is 44.5 Å². The highest BCUT2D eigenvalue weighted by Crippen LogP contribution is 2.17. The van der Waals surface area contributed by atoms with E-state index in [9.17, 15) is 9.59 Å². The molecule has 1 aromatic carbocycles. The van der Waals surface area contributed by atoms with Crippen LogP contribution in [0.1, 0.15) is 31.9 Å². The van der Waals surface area contributed by atoms with Crippen molar-refractivity contribution in [3.8, 4) is 12.3 Å². The van der Waals surface area contributed by atoms with Crippen molar-refractivity contribution in [2.24, 2.45) is 0 Å². The molecule has 0 unspecified atom stereocenters. The molecule has 21 heavy (non-hydrogen) atoms. The molecule has 1 aromatic rings. The van der Waals surface area contributed by atoms with Gasteiger partial charge in [0.2, 0.25) is 0 Å². The lowest BCUT2D eigenvalue weighted by atomic mass is 10.1. The van der Waals surface area contributed by atoms with Gasteiger partial charge in [0.25, 0.3) is 0 Å². The molecule has 112 valence electrons. The van der Waals surface area contributed by atoms with Crippen LogP contribution in [-0.2, 0) is 20.7 Å². The summed E-state index contributed by atoms with van der Waals surface area (Å²) in [6.07, 6.45) is 4.87. The molecule has 0 fully saturated rings. The van der Waals surface area contributed by atoms with Crippen molar-refractivity contribution < 1.29 is 19.1 Å². The van der Waals surface area contributed by atoms with Crippen LogP contribution in [0.15, 0.2) is 18.2 Å². The van der Waals surface area contributed by atoms with Crippen LogP contribution in [0.3, 0.4) is 0 Å². The van der Waals surface area contributed by atoms with E-state index in [0.717, 1.165) is 0 Å². The summed E-state index contributed by atoms with van der Waals surface area (Å²) >= 11 is 0. The van der Waals surface area contributed by atoms with Gasteiger partial charge in [0, 0.05) is 11.3 Å². The predicted octanol–water partition coefficient (Wildman–Crippen LogP) is 2.73. The molecule has 0 aliphatic rings. The minimum atomic E-state index is -0.595. The molecule has 0 atom stereocenters. The molecule has 0 spiro atoms. The molecule has 1 N–H and O–H groups in total. The lowest BCUT2D eigenvalue weighted by Gasteiger charge is -2.20. The second-order valence-electron chi connectivity index (χ2n) is 5.44. The third-order valence-corrected chi connectivity index (χ3v) is 2.38. The normalized spacial score (nSPS) is 10.4. The van der Waals surface area contributed by atoms with E-state index < -0.39 is 11.7 Å². The Kier molecular flexibility index (Phi) is 5.37. The molecule has 0 aliphatic heterocycles. The third kappa shape index (κ3) is 6.00. The van der Waals surface area contributed by atoms with Crippen LogP contribution < -0.4 is 5.32 Å². The zero-order chi connectivity index (χ0) is 16.0. The molecule has 5 nitrogen and oxygen atoms in total. The Balaban J connectivity index is 2.92. The number of benzene rings is 1. The van der Waals surface area contributed by atoms with E-state index in [1.807, 2.05) is 0 Å². The first-order chi connectivity index (χ1) is 9.73. The summed E-state index contributed by atoms with van der Waals surface area (Å²) in [6.45, 7) is 5.31. The van der Waals surface area contributed by atoms with Crippen LogP contribution in [-0.4, -0.2) is 24.8 Å². The first kappa shape index (κ1) is 16.6. The van der Waals surface area contributed by atoms with Gasteiger partial charge in [0.05, 0.1) is 13.5 Å². The van der Waals surface area contributed by atoms with Crippen molar-refractivity contribution in [3.63, 3.8) is 0 Å². The fraction of sp³-hybridized carbons (Fsp3) is 0.375. The second-order valence-corrected chi connectivity index (χ2v) is 5.44. The zero-order valence-electron chi connectivity index (χ0n) is 12.6. The highest BCUT2D eigenvalue weighted by molar-refractivity contribution is 5.85. The molecule has 0 heterocycles. The van der Waals surface area contributed by atoms with Gasteiger partial charge in [-0.1, -0.05) is 5.92 Å². The topological polar surface area (TPSA) is 64.6 Å². The van der Waals surface area contributed by atoms with Crippen molar-refractivity contribution in [3.05, 3.63) is 29.3 Å². The van der Waals surface area contributed by atoms with Gasteiger partial charge in [-0.25, -0.2) is 4.79 Å². The van der Waals surface area contributed by atoms with Crippen LogP contribution in [0.4, 0.5) is 10.5 Å². The number of carbonyl (C=O) groups is 2. The van der Waals surface area contributed by atoms with Crippen LogP contribution in [0, 0.1) is 12.3 Å².